The van der Waals surface area contributed by atoms with E-state index in [-0.39, 0.29) is 18.5 Å². The minimum Gasteiger partial charge on any atom is -0.466 e. The zero-order chi connectivity index (χ0) is 16.2. The highest BCUT2D eigenvalue weighted by atomic mass is 16.5. The molecular weight excluding hydrogens is 288 g/mol. The third kappa shape index (κ3) is 7.81. The van der Waals surface area contributed by atoms with Gasteiger partial charge in [-0.2, -0.15) is 0 Å². The highest BCUT2D eigenvalue weighted by molar-refractivity contribution is 5.91. The Labute approximate surface area is 130 Å². The summed E-state index contributed by atoms with van der Waals surface area (Å²) < 4.78 is 14.5. The van der Waals surface area contributed by atoms with Gasteiger partial charge in [-0.25, -0.2) is 9.59 Å². The van der Waals surface area contributed by atoms with Gasteiger partial charge in [0, 0.05) is 12.2 Å². The first-order valence-electron chi connectivity index (χ1n) is 7.73. The van der Waals surface area contributed by atoms with Crippen LogP contribution in [0.4, 0.5) is 0 Å². The molecule has 0 bridgehead atoms. The monoisotopic (exact) mass is 312 g/mol. The van der Waals surface area contributed by atoms with E-state index in [1.54, 1.807) is 0 Å². The Hall–Kier alpha value is -1.85. The summed E-state index contributed by atoms with van der Waals surface area (Å²) in [5, 5.41) is 0. The Balaban J connectivity index is 2.01. The minimum atomic E-state index is -0.605. The van der Waals surface area contributed by atoms with E-state index in [4.69, 9.17) is 9.47 Å². The Morgan fingerprint density at radius 1 is 0.909 bits per heavy atom. The van der Waals surface area contributed by atoms with Gasteiger partial charge in [-0.3, -0.25) is 4.79 Å². The first-order valence-corrected chi connectivity index (χ1v) is 7.73. The summed E-state index contributed by atoms with van der Waals surface area (Å²) >= 11 is 0. The fraction of sp³-hybridized carbons (Fsp3) is 0.688. The van der Waals surface area contributed by atoms with Gasteiger partial charge in [0.25, 0.3) is 0 Å². The molecule has 1 fully saturated rings. The van der Waals surface area contributed by atoms with Crippen LogP contribution >= 0.6 is 0 Å². The molecule has 0 amide bonds. The Bertz CT molecular complexity index is 395. The second kappa shape index (κ2) is 10.8. The number of ether oxygens (including phenoxy) is 3. The van der Waals surface area contributed by atoms with Crippen molar-refractivity contribution in [1.82, 2.24) is 0 Å². The molecule has 22 heavy (non-hydrogen) atoms. The number of unbranched alkanes of at least 4 members (excludes halogenated alkanes) is 1. The lowest BCUT2D eigenvalue weighted by molar-refractivity contribution is -0.150. The number of hydrogen-bond acceptors (Lipinski definition) is 6. The molecular formula is C16H24O6. The van der Waals surface area contributed by atoms with Crippen molar-refractivity contribution in [3.63, 3.8) is 0 Å². The van der Waals surface area contributed by atoms with Crippen molar-refractivity contribution in [2.75, 3.05) is 20.3 Å². The van der Waals surface area contributed by atoms with Gasteiger partial charge < -0.3 is 14.2 Å². The largest absolute Gasteiger partial charge is 0.466 e. The molecule has 0 aromatic carbocycles. The lowest BCUT2D eigenvalue weighted by Crippen LogP contribution is -2.20. The number of esters is 3. The average Bonchev–Trinajstić information content (AvgIpc) is 2.56. The third-order valence-electron chi connectivity index (χ3n) is 3.52. The molecule has 1 aliphatic rings. The van der Waals surface area contributed by atoms with Crippen LogP contribution in [-0.4, -0.2) is 38.2 Å². The molecule has 6 heteroatoms. The van der Waals surface area contributed by atoms with Crippen LogP contribution in [0, 0.1) is 5.92 Å². The van der Waals surface area contributed by atoms with Gasteiger partial charge in [0.1, 0.15) is 0 Å². The number of hydrogen-bond donors (Lipinski definition) is 0. The van der Waals surface area contributed by atoms with Crippen LogP contribution in [-0.2, 0) is 28.6 Å². The number of carbonyl (C=O) groups is 3. The maximum atomic E-state index is 11.8. The van der Waals surface area contributed by atoms with Crippen molar-refractivity contribution in [3.8, 4) is 0 Å². The molecule has 1 saturated carbocycles. The Kier molecular flexibility index (Phi) is 8.95. The summed E-state index contributed by atoms with van der Waals surface area (Å²) in [4.78, 5) is 33.7. The van der Waals surface area contributed by atoms with Gasteiger partial charge >= 0.3 is 17.9 Å². The molecule has 0 unspecified atom stereocenters. The standard InChI is InChI=1S/C16H24O6/c1-20-14(17)9-10-15(18)21-11-5-6-12-22-16(19)13-7-3-2-4-8-13/h9-10,13H,2-8,11-12H2,1H3. The van der Waals surface area contributed by atoms with E-state index in [1.807, 2.05) is 0 Å². The lowest BCUT2D eigenvalue weighted by atomic mass is 9.89. The molecule has 124 valence electrons. The van der Waals surface area contributed by atoms with Gasteiger partial charge in [-0.05, 0) is 25.7 Å². The van der Waals surface area contributed by atoms with Crippen molar-refractivity contribution >= 4 is 17.9 Å². The van der Waals surface area contributed by atoms with E-state index in [1.165, 1.54) is 13.5 Å². The number of carbonyl (C=O) groups excluding carboxylic acids is 3. The molecule has 1 aliphatic carbocycles. The van der Waals surface area contributed by atoms with Crippen LogP contribution in [0.25, 0.3) is 0 Å². The van der Waals surface area contributed by atoms with E-state index in [2.05, 4.69) is 4.74 Å². The molecule has 0 N–H and O–H groups in total. The number of methoxy groups -OCH3 is 1. The summed E-state index contributed by atoms with van der Waals surface area (Å²) in [6.45, 7) is 0.580. The van der Waals surface area contributed by atoms with Crippen LogP contribution in [0.15, 0.2) is 12.2 Å². The first kappa shape index (κ1) is 18.2. The van der Waals surface area contributed by atoms with Crippen LogP contribution in [0.5, 0.6) is 0 Å². The summed E-state index contributed by atoms with van der Waals surface area (Å²) in [7, 11) is 1.23. The van der Waals surface area contributed by atoms with Crippen molar-refractivity contribution in [3.05, 3.63) is 12.2 Å². The molecule has 0 aromatic heterocycles. The average molecular weight is 312 g/mol. The molecule has 6 nitrogen and oxygen atoms in total. The van der Waals surface area contributed by atoms with Crippen LogP contribution in [0.3, 0.4) is 0 Å². The fourth-order valence-corrected chi connectivity index (χ4v) is 2.26. The zero-order valence-corrected chi connectivity index (χ0v) is 13.0. The summed E-state index contributed by atoms with van der Waals surface area (Å²) in [5.41, 5.74) is 0. The predicted molar refractivity (Wildman–Crippen MR) is 78.9 cm³/mol. The van der Waals surface area contributed by atoms with Crippen LogP contribution in [0.2, 0.25) is 0 Å². The number of rotatable bonds is 8. The minimum absolute atomic E-state index is 0.0648. The van der Waals surface area contributed by atoms with Gasteiger partial charge in [-0.1, -0.05) is 19.3 Å². The molecule has 0 aromatic rings. The summed E-state index contributed by atoms with van der Waals surface area (Å²) in [5.74, 6) is -1.23. The second-order valence-corrected chi connectivity index (χ2v) is 5.23. The lowest BCUT2D eigenvalue weighted by Gasteiger charge is -2.19. The van der Waals surface area contributed by atoms with E-state index in [9.17, 15) is 14.4 Å². The summed E-state index contributed by atoms with van der Waals surface area (Å²) in [6, 6.07) is 0. The van der Waals surface area contributed by atoms with Gasteiger partial charge in [0.15, 0.2) is 0 Å². The maximum absolute atomic E-state index is 11.8. The molecule has 0 atom stereocenters. The van der Waals surface area contributed by atoms with Crippen molar-refractivity contribution < 1.29 is 28.6 Å². The summed E-state index contributed by atoms with van der Waals surface area (Å²) in [6.07, 6.45) is 8.57. The SMILES string of the molecule is COC(=O)C=CC(=O)OCCCCOC(=O)C1CCCCC1. The quantitative estimate of drug-likeness (QED) is 0.296. The molecule has 0 radical (unpaired) electrons. The molecule has 0 aliphatic heterocycles. The highest BCUT2D eigenvalue weighted by Crippen LogP contribution is 2.24. The van der Waals surface area contributed by atoms with E-state index >= 15 is 0 Å². The third-order valence-corrected chi connectivity index (χ3v) is 3.52. The van der Waals surface area contributed by atoms with Gasteiger partial charge in [0.05, 0.1) is 26.2 Å². The Morgan fingerprint density at radius 2 is 1.50 bits per heavy atom. The Morgan fingerprint density at radius 3 is 2.14 bits per heavy atom. The van der Waals surface area contributed by atoms with Gasteiger partial charge in [0.2, 0.25) is 0 Å². The van der Waals surface area contributed by atoms with E-state index < -0.39 is 11.9 Å². The highest BCUT2D eigenvalue weighted by Gasteiger charge is 2.21. The molecule has 0 spiro atoms. The molecule has 0 heterocycles. The van der Waals surface area contributed by atoms with Gasteiger partial charge in [-0.15, -0.1) is 0 Å². The van der Waals surface area contributed by atoms with Crippen molar-refractivity contribution in [2.45, 2.75) is 44.9 Å². The molecule has 0 saturated heterocycles. The zero-order valence-electron chi connectivity index (χ0n) is 13.0. The van der Waals surface area contributed by atoms with Crippen molar-refractivity contribution in [1.29, 1.82) is 0 Å². The first-order chi connectivity index (χ1) is 10.6. The fourth-order valence-electron chi connectivity index (χ4n) is 2.26. The predicted octanol–water partition coefficient (Wildman–Crippen LogP) is 2.16. The maximum Gasteiger partial charge on any atom is 0.331 e. The van der Waals surface area contributed by atoms with Crippen molar-refractivity contribution in [2.24, 2.45) is 5.92 Å². The molecule has 1 rings (SSSR count). The normalized spacial score (nSPS) is 15.5. The van der Waals surface area contributed by atoms with Crippen LogP contribution < -0.4 is 0 Å². The van der Waals surface area contributed by atoms with Crippen LogP contribution in [0.1, 0.15) is 44.9 Å². The van der Waals surface area contributed by atoms with E-state index in [0.29, 0.717) is 19.4 Å². The second-order valence-electron chi connectivity index (χ2n) is 5.23. The smallest absolute Gasteiger partial charge is 0.331 e. The topological polar surface area (TPSA) is 78.9 Å². The van der Waals surface area contributed by atoms with E-state index in [0.717, 1.165) is 37.8 Å².